The first-order chi connectivity index (χ1) is 14.4. The van der Waals surface area contributed by atoms with E-state index >= 15 is 0 Å². The predicted octanol–water partition coefficient (Wildman–Crippen LogP) is 3.05. The Morgan fingerprint density at radius 3 is 2.63 bits per heavy atom. The first-order valence-corrected chi connectivity index (χ1v) is 9.22. The third kappa shape index (κ3) is 2.73. The van der Waals surface area contributed by atoms with Gasteiger partial charge in [-0.2, -0.15) is 5.10 Å². The highest BCUT2D eigenvalue weighted by Gasteiger charge is 2.34. The summed E-state index contributed by atoms with van der Waals surface area (Å²) in [5, 5.41) is 24.2. The lowest BCUT2D eigenvalue weighted by atomic mass is 9.86. The van der Waals surface area contributed by atoms with Crippen molar-refractivity contribution >= 4 is 16.9 Å². The second-order valence-electron chi connectivity index (χ2n) is 7.22. The number of phenolic OH excluding ortho intramolecular Hbond substituents is 2. The van der Waals surface area contributed by atoms with Crippen molar-refractivity contribution in [2.24, 2.45) is 7.05 Å². The molecule has 150 valence electrons. The van der Waals surface area contributed by atoms with Crippen LogP contribution in [-0.2, 0) is 11.8 Å². The molecule has 8 heteroatoms. The van der Waals surface area contributed by atoms with Gasteiger partial charge >= 0.3 is 5.97 Å². The molecule has 1 unspecified atom stereocenters. The summed E-state index contributed by atoms with van der Waals surface area (Å²) < 4.78 is 12.8. The van der Waals surface area contributed by atoms with Crippen LogP contribution in [0.5, 0.6) is 17.2 Å². The standard InChI is InChI=1S/C22H16N2O6/c1-24-9-12(8-23-24)14-6-18(27)30-17-7-16(26)20-21(28)15(10-29-22(20)19(14)17)11-2-4-13(25)5-3-11/h2-5,7-10,14,25-26H,6H2,1H3. The van der Waals surface area contributed by atoms with E-state index < -0.39 is 17.3 Å². The Bertz CT molecular complexity index is 1370. The summed E-state index contributed by atoms with van der Waals surface area (Å²) in [4.78, 5) is 25.4. The highest BCUT2D eigenvalue weighted by Crippen LogP contribution is 2.45. The number of esters is 1. The van der Waals surface area contributed by atoms with E-state index in [-0.39, 0.29) is 40.2 Å². The van der Waals surface area contributed by atoms with Crippen LogP contribution in [0, 0.1) is 0 Å². The number of aryl methyl sites for hydroxylation is 1. The minimum atomic E-state index is -0.446. The van der Waals surface area contributed by atoms with Gasteiger partial charge in [0.25, 0.3) is 0 Å². The maximum absolute atomic E-state index is 13.2. The second-order valence-corrected chi connectivity index (χ2v) is 7.22. The summed E-state index contributed by atoms with van der Waals surface area (Å²) in [5.74, 6) is -0.982. The van der Waals surface area contributed by atoms with Crippen LogP contribution < -0.4 is 10.2 Å². The zero-order chi connectivity index (χ0) is 21.0. The van der Waals surface area contributed by atoms with Crippen LogP contribution in [0.25, 0.3) is 22.1 Å². The molecule has 3 heterocycles. The highest BCUT2D eigenvalue weighted by atomic mass is 16.5. The van der Waals surface area contributed by atoms with Crippen molar-refractivity contribution in [3.63, 3.8) is 0 Å². The smallest absolute Gasteiger partial charge is 0.312 e. The minimum Gasteiger partial charge on any atom is -0.508 e. The zero-order valence-electron chi connectivity index (χ0n) is 15.8. The maximum atomic E-state index is 13.2. The topological polar surface area (TPSA) is 115 Å². The summed E-state index contributed by atoms with van der Waals surface area (Å²) in [6.07, 6.45) is 4.80. The Hall–Kier alpha value is -4.07. The monoisotopic (exact) mass is 404 g/mol. The Balaban J connectivity index is 1.78. The van der Waals surface area contributed by atoms with Gasteiger partial charge < -0.3 is 19.4 Å². The molecule has 4 aromatic rings. The normalized spacial score (nSPS) is 15.8. The van der Waals surface area contributed by atoms with Gasteiger partial charge in [0.05, 0.1) is 18.2 Å². The summed E-state index contributed by atoms with van der Waals surface area (Å²) >= 11 is 0. The number of phenols is 2. The molecule has 30 heavy (non-hydrogen) atoms. The average Bonchev–Trinajstić information content (AvgIpc) is 3.14. The van der Waals surface area contributed by atoms with Gasteiger partial charge in [-0.05, 0) is 23.3 Å². The van der Waals surface area contributed by atoms with Crippen molar-refractivity contribution in [3.8, 4) is 28.4 Å². The van der Waals surface area contributed by atoms with Gasteiger partial charge in [0.15, 0.2) is 0 Å². The predicted molar refractivity (Wildman–Crippen MR) is 107 cm³/mol. The zero-order valence-corrected chi connectivity index (χ0v) is 15.8. The molecule has 0 bridgehead atoms. The number of rotatable bonds is 2. The van der Waals surface area contributed by atoms with E-state index in [2.05, 4.69) is 5.10 Å². The number of carbonyl (C=O) groups excluding carboxylic acids is 1. The van der Waals surface area contributed by atoms with E-state index in [1.54, 1.807) is 36.3 Å². The van der Waals surface area contributed by atoms with Crippen molar-refractivity contribution in [1.29, 1.82) is 0 Å². The van der Waals surface area contributed by atoms with E-state index in [9.17, 15) is 19.8 Å². The first kappa shape index (κ1) is 18.0. The Kier molecular flexibility index (Phi) is 3.89. The van der Waals surface area contributed by atoms with E-state index in [4.69, 9.17) is 9.15 Å². The number of aromatic nitrogens is 2. The molecule has 0 radical (unpaired) electrons. The van der Waals surface area contributed by atoms with Crippen molar-refractivity contribution in [3.05, 3.63) is 70.3 Å². The van der Waals surface area contributed by atoms with Gasteiger partial charge in [-0.3, -0.25) is 14.3 Å². The minimum absolute atomic E-state index is 0.00571. The van der Waals surface area contributed by atoms with E-state index in [1.807, 2.05) is 0 Å². The molecule has 5 rings (SSSR count). The molecule has 8 nitrogen and oxygen atoms in total. The Labute approximate surface area is 169 Å². The lowest BCUT2D eigenvalue weighted by Gasteiger charge is -2.24. The number of ether oxygens (including phenoxy) is 1. The maximum Gasteiger partial charge on any atom is 0.312 e. The van der Waals surface area contributed by atoms with Crippen molar-refractivity contribution in [1.82, 2.24) is 9.78 Å². The van der Waals surface area contributed by atoms with Gasteiger partial charge in [-0.15, -0.1) is 0 Å². The summed E-state index contributed by atoms with van der Waals surface area (Å²) in [5.41, 5.74) is 1.81. The lowest BCUT2D eigenvalue weighted by molar-refractivity contribution is -0.135. The van der Waals surface area contributed by atoms with Crippen LogP contribution >= 0.6 is 0 Å². The molecule has 1 atom stereocenters. The van der Waals surface area contributed by atoms with Gasteiger partial charge in [-0.25, -0.2) is 0 Å². The fourth-order valence-corrected chi connectivity index (χ4v) is 3.88. The number of aromatic hydroxyl groups is 2. The second kappa shape index (κ2) is 6.48. The number of fused-ring (bicyclic) bond motifs is 3. The fourth-order valence-electron chi connectivity index (χ4n) is 3.88. The van der Waals surface area contributed by atoms with Crippen LogP contribution in [0.1, 0.15) is 23.5 Å². The third-order valence-electron chi connectivity index (χ3n) is 5.28. The van der Waals surface area contributed by atoms with Crippen LogP contribution in [0.15, 0.2) is 58.2 Å². The highest BCUT2D eigenvalue weighted by molar-refractivity contribution is 5.94. The number of hydrogen-bond acceptors (Lipinski definition) is 7. The van der Waals surface area contributed by atoms with Crippen LogP contribution in [0.2, 0.25) is 0 Å². The molecule has 0 saturated heterocycles. The van der Waals surface area contributed by atoms with Crippen molar-refractivity contribution in [2.45, 2.75) is 12.3 Å². The summed E-state index contributed by atoms with van der Waals surface area (Å²) in [6.45, 7) is 0. The molecule has 2 N–H and O–H groups in total. The Morgan fingerprint density at radius 2 is 1.93 bits per heavy atom. The average molecular weight is 404 g/mol. The summed E-state index contributed by atoms with van der Waals surface area (Å²) in [6, 6.07) is 7.37. The van der Waals surface area contributed by atoms with Crippen molar-refractivity contribution < 1.29 is 24.2 Å². The molecule has 2 aromatic heterocycles. The fraction of sp³-hybridized carbons (Fsp3) is 0.136. The van der Waals surface area contributed by atoms with Gasteiger partial charge in [0.2, 0.25) is 5.43 Å². The van der Waals surface area contributed by atoms with Gasteiger partial charge in [0.1, 0.15) is 34.5 Å². The molecule has 2 aromatic carbocycles. The SMILES string of the molecule is Cn1cc(C2CC(=O)Oc3cc(O)c4c(=O)c(-c5ccc(O)cc5)coc4c32)cn1. The van der Waals surface area contributed by atoms with Crippen LogP contribution in [0.3, 0.4) is 0 Å². The van der Waals surface area contributed by atoms with E-state index in [0.29, 0.717) is 11.1 Å². The molecule has 0 amide bonds. The molecule has 1 aliphatic heterocycles. The quantitative estimate of drug-likeness (QED) is 0.390. The van der Waals surface area contributed by atoms with Crippen molar-refractivity contribution in [2.75, 3.05) is 0 Å². The molecule has 0 aliphatic carbocycles. The molecule has 1 aliphatic rings. The third-order valence-corrected chi connectivity index (χ3v) is 5.28. The van der Waals surface area contributed by atoms with Crippen LogP contribution in [0.4, 0.5) is 0 Å². The number of hydrogen-bond donors (Lipinski definition) is 2. The summed E-state index contributed by atoms with van der Waals surface area (Å²) in [7, 11) is 1.77. The molecule has 0 spiro atoms. The lowest BCUT2D eigenvalue weighted by Crippen LogP contribution is -2.22. The number of carbonyl (C=O) groups is 1. The van der Waals surface area contributed by atoms with Crippen LogP contribution in [-0.4, -0.2) is 26.0 Å². The molecule has 0 fully saturated rings. The largest absolute Gasteiger partial charge is 0.508 e. The Morgan fingerprint density at radius 1 is 1.17 bits per heavy atom. The van der Waals surface area contributed by atoms with E-state index in [0.717, 1.165) is 5.56 Å². The van der Waals surface area contributed by atoms with Gasteiger partial charge in [-0.1, -0.05) is 12.1 Å². The number of nitrogens with zero attached hydrogens (tertiary/aromatic N) is 2. The molecular formula is C22H16N2O6. The molecular weight excluding hydrogens is 388 g/mol. The van der Waals surface area contributed by atoms with Gasteiger partial charge in [0, 0.05) is 30.8 Å². The first-order valence-electron chi connectivity index (χ1n) is 9.22. The number of benzene rings is 2. The molecule has 0 saturated carbocycles. The van der Waals surface area contributed by atoms with E-state index in [1.165, 1.54) is 24.5 Å².